The summed E-state index contributed by atoms with van der Waals surface area (Å²) in [6.07, 6.45) is 1.45. The van der Waals surface area contributed by atoms with Crippen molar-refractivity contribution < 1.29 is 17.9 Å². The summed E-state index contributed by atoms with van der Waals surface area (Å²) in [4.78, 5) is 44.2. The Balaban J connectivity index is 1.52. The van der Waals surface area contributed by atoms with Crippen LogP contribution in [0.1, 0.15) is 21.5 Å². The molecule has 0 unspecified atom stereocenters. The lowest BCUT2D eigenvalue weighted by molar-refractivity contribution is 0.0730. The molecule has 0 spiro atoms. The summed E-state index contributed by atoms with van der Waals surface area (Å²) in [5.74, 6) is -0.475. The first-order valence-corrected chi connectivity index (χ1v) is 13.5. The highest BCUT2D eigenvalue weighted by atomic mass is 32.2. The van der Waals surface area contributed by atoms with E-state index in [9.17, 15) is 22.8 Å². The van der Waals surface area contributed by atoms with Crippen molar-refractivity contribution in [3.63, 3.8) is 0 Å². The van der Waals surface area contributed by atoms with Crippen LogP contribution in [0.15, 0.2) is 81.3 Å². The molecule has 0 atom stereocenters. The van der Waals surface area contributed by atoms with Crippen LogP contribution < -0.4 is 11.2 Å². The van der Waals surface area contributed by atoms with Gasteiger partial charge in [-0.1, -0.05) is 42.0 Å². The van der Waals surface area contributed by atoms with E-state index in [1.807, 2.05) is 31.2 Å². The van der Waals surface area contributed by atoms with Crippen LogP contribution in [-0.4, -0.2) is 58.9 Å². The summed E-state index contributed by atoms with van der Waals surface area (Å²) in [7, 11) is -3.81. The van der Waals surface area contributed by atoms with Gasteiger partial charge in [-0.25, -0.2) is 18.2 Å². The molecule has 1 aliphatic rings. The number of fused-ring (bicyclic) bond motifs is 1. The molecule has 4 aromatic rings. The maximum atomic E-state index is 13.5. The fourth-order valence-electron chi connectivity index (χ4n) is 4.41. The van der Waals surface area contributed by atoms with E-state index < -0.39 is 33.6 Å². The maximum absolute atomic E-state index is 13.5. The summed E-state index contributed by atoms with van der Waals surface area (Å²) >= 11 is 0. The number of aromatic nitrogens is 3. The summed E-state index contributed by atoms with van der Waals surface area (Å²) in [6, 6.07) is 16.4. The molecule has 1 fully saturated rings. The summed E-state index contributed by atoms with van der Waals surface area (Å²) in [6.45, 7) is 2.65. The molecule has 11 heteroatoms. The average molecular weight is 535 g/mol. The van der Waals surface area contributed by atoms with Gasteiger partial charge in [-0.15, -0.1) is 0 Å². The second-order valence-corrected chi connectivity index (χ2v) is 11.0. The van der Waals surface area contributed by atoms with E-state index >= 15 is 0 Å². The second kappa shape index (κ2) is 10.4. The zero-order chi connectivity index (χ0) is 26.9. The van der Waals surface area contributed by atoms with Crippen molar-refractivity contribution in [1.82, 2.24) is 18.4 Å². The van der Waals surface area contributed by atoms with Gasteiger partial charge in [0.25, 0.3) is 5.56 Å². The lowest BCUT2D eigenvalue weighted by atomic mass is 10.1. The quantitative estimate of drug-likeness (QED) is 0.332. The van der Waals surface area contributed by atoms with Gasteiger partial charge in [0.1, 0.15) is 0 Å². The second-order valence-electron chi connectivity index (χ2n) is 9.08. The number of Topliss-reactive ketones (excluding diaryl/α,β-unsaturated/α-hetero) is 1. The van der Waals surface area contributed by atoms with Gasteiger partial charge in [-0.3, -0.25) is 18.7 Å². The van der Waals surface area contributed by atoms with E-state index in [1.54, 1.807) is 12.1 Å². The molecule has 0 N–H and O–H groups in total. The number of ketones is 1. The third-order valence-electron chi connectivity index (χ3n) is 6.51. The molecule has 0 amide bonds. The molecular formula is C27H26N4O6S. The van der Waals surface area contributed by atoms with Gasteiger partial charge in [0.2, 0.25) is 10.0 Å². The van der Waals surface area contributed by atoms with Crippen molar-refractivity contribution in [1.29, 1.82) is 0 Å². The SMILES string of the molecule is Cc1ccc(Cn2c(=O)c3ncccc3n(CC(=O)c3cccc(S(=O)(=O)N4CCOCC4)c3)c2=O)cc1. The van der Waals surface area contributed by atoms with Gasteiger partial charge >= 0.3 is 5.69 Å². The number of carbonyl (C=O) groups excluding carboxylic acids is 1. The largest absolute Gasteiger partial charge is 0.379 e. The lowest BCUT2D eigenvalue weighted by Crippen LogP contribution is -2.41. The molecule has 10 nitrogen and oxygen atoms in total. The zero-order valence-electron chi connectivity index (χ0n) is 20.7. The number of benzene rings is 2. The van der Waals surface area contributed by atoms with Crippen molar-refractivity contribution >= 4 is 26.8 Å². The molecule has 0 aliphatic carbocycles. The van der Waals surface area contributed by atoms with Crippen molar-refractivity contribution in [2.45, 2.75) is 24.9 Å². The van der Waals surface area contributed by atoms with Crippen LogP contribution in [0.3, 0.4) is 0 Å². The van der Waals surface area contributed by atoms with Crippen LogP contribution in [0.4, 0.5) is 0 Å². The van der Waals surface area contributed by atoms with E-state index in [4.69, 9.17) is 4.74 Å². The van der Waals surface area contributed by atoms with Crippen LogP contribution in [0, 0.1) is 6.92 Å². The Hall–Kier alpha value is -3.93. The highest BCUT2D eigenvalue weighted by Crippen LogP contribution is 2.19. The minimum absolute atomic E-state index is 0.00605. The fraction of sp³-hybridized carbons (Fsp3) is 0.259. The number of aryl methyl sites for hydroxylation is 1. The number of sulfonamides is 1. The van der Waals surface area contributed by atoms with Gasteiger partial charge in [-0.05, 0) is 36.8 Å². The normalized spacial score (nSPS) is 14.6. The average Bonchev–Trinajstić information content (AvgIpc) is 2.95. The van der Waals surface area contributed by atoms with Crippen LogP contribution in [0.2, 0.25) is 0 Å². The standard InChI is InChI=1S/C27H26N4O6S/c1-19-7-9-20(10-8-19)17-31-26(33)25-23(6-3-11-28-25)30(27(31)34)18-24(32)21-4-2-5-22(16-21)38(35,36)29-12-14-37-15-13-29/h2-11,16H,12-15,17-18H2,1H3. The number of hydrogen-bond acceptors (Lipinski definition) is 7. The maximum Gasteiger partial charge on any atom is 0.332 e. The third-order valence-corrected chi connectivity index (χ3v) is 8.41. The molecule has 196 valence electrons. The topological polar surface area (TPSA) is 121 Å². The first-order chi connectivity index (χ1) is 18.3. The first kappa shape index (κ1) is 25.7. The number of hydrogen-bond donors (Lipinski definition) is 0. The highest BCUT2D eigenvalue weighted by molar-refractivity contribution is 7.89. The van der Waals surface area contributed by atoms with Gasteiger partial charge in [-0.2, -0.15) is 4.31 Å². The number of rotatable bonds is 7. The Morgan fingerprint density at radius 3 is 2.45 bits per heavy atom. The number of pyridine rings is 1. The molecule has 5 rings (SSSR count). The smallest absolute Gasteiger partial charge is 0.332 e. The predicted molar refractivity (Wildman–Crippen MR) is 141 cm³/mol. The molecule has 0 bridgehead atoms. The molecule has 38 heavy (non-hydrogen) atoms. The van der Waals surface area contributed by atoms with Gasteiger partial charge in [0.15, 0.2) is 11.3 Å². The summed E-state index contributed by atoms with van der Waals surface area (Å²) in [5.41, 5.74) is 1.03. The van der Waals surface area contributed by atoms with Gasteiger partial charge in [0.05, 0.1) is 36.7 Å². The van der Waals surface area contributed by atoms with Crippen LogP contribution in [-0.2, 0) is 27.8 Å². The molecular weight excluding hydrogens is 508 g/mol. The predicted octanol–water partition coefficient (Wildman–Crippen LogP) is 1.82. The molecule has 0 radical (unpaired) electrons. The van der Waals surface area contributed by atoms with Crippen LogP contribution in [0.25, 0.3) is 11.0 Å². The molecule has 3 heterocycles. The Kier molecular flexibility index (Phi) is 7.06. The zero-order valence-corrected chi connectivity index (χ0v) is 21.6. The number of nitrogens with zero attached hydrogens (tertiary/aromatic N) is 4. The molecule has 1 saturated heterocycles. The molecule has 2 aromatic carbocycles. The van der Waals surface area contributed by atoms with E-state index in [-0.39, 0.29) is 41.1 Å². The van der Waals surface area contributed by atoms with E-state index in [2.05, 4.69) is 4.98 Å². The molecule has 1 aliphatic heterocycles. The highest BCUT2D eigenvalue weighted by Gasteiger charge is 2.27. The summed E-state index contributed by atoms with van der Waals surface area (Å²) in [5, 5.41) is 0. The Morgan fingerprint density at radius 1 is 0.974 bits per heavy atom. The van der Waals surface area contributed by atoms with Crippen molar-refractivity contribution in [2.24, 2.45) is 0 Å². The van der Waals surface area contributed by atoms with E-state index in [0.29, 0.717) is 13.2 Å². The summed E-state index contributed by atoms with van der Waals surface area (Å²) < 4.78 is 35.0. The number of morpholine rings is 1. The van der Waals surface area contributed by atoms with Crippen LogP contribution in [0.5, 0.6) is 0 Å². The minimum Gasteiger partial charge on any atom is -0.379 e. The Morgan fingerprint density at radius 2 is 1.71 bits per heavy atom. The van der Waals surface area contributed by atoms with Crippen molar-refractivity contribution in [3.05, 3.63) is 104 Å². The third kappa shape index (κ3) is 4.95. The minimum atomic E-state index is -3.81. The molecule has 2 aromatic heterocycles. The lowest BCUT2D eigenvalue weighted by Gasteiger charge is -2.26. The Labute approximate surface area is 218 Å². The van der Waals surface area contributed by atoms with Crippen molar-refractivity contribution in [3.8, 4) is 0 Å². The van der Waals surface area contributed by atoms with Crippen molar-refractivity contribution in [2.75, 3.05) is 26.3 Å². The van der Waals surface area contributed by atoms with E-state index in [0.717, 1.165) is 15.7 Å². The Bertz CT molecular complexity index is 1740. The number of ether oxygens (including phenoxy) is 1. The first-order valence-electron chi connectivity index (χ1n) is 12.1. The molecule has 0 saturated carbocycles. The number of carbonyl (C=O) groups is 1. The monoisotopic (exact) mass is 534 g/mol. The fourth-order valence-corrected chi connectivity index (χ4v) is 5.87. The van der Waals surface area contributed by atoms with Crippen LogP contribution >= 0.6 is 0 Å². The van der Waals surface area contributed by atoms with Gasteiger partial charge in [0, 0.05) is 24.8 Å². The van der Waals surface area contributed by atoms with Gasteiger partial charge < -0.3 is 4.74 Å². The van der Waals surface area contributed by atoms with E-state index in [1.165, 1.54) is 39.3 Å².